The van der Waals surface area contributed by atoms with Crippen LogP contribution in [0.3, 0.4) is 0 Å². The topological polar surface area (TPSA) is 61.5 Å². The summed E-state index contributed by atoms with van der Waals surface area (Å²) in [6, 6.07) is 17.2. The molecule has 1 atom stereocenters. The Balaban J connectivity index is 0.00000242. The first-order valence-electron chi connectivity index (χ1n) is 6.80. The summed E-state index contributed by atoms with van der Waals surface area (Å²) >= 11 is 0. The summed E-state index contributed by atoms with van der Waals surface area (Å²) in [6.07, 6.45) is -0.207. The largest absolute Gasteiger partial charge is 0.485 e. The molecule has 5 heteroatoms. The average Bonchev–Trinajstić information content (AvgIpc) is 2.55. The number of rotatable bonds is 6. The average molecular weight is 322 g/mol. The Kier molecular flexibility index (Phi) is 7.43. The second kappa shape index (κ2) is 9.07. The molecule has 0 amide bonds. The van der Waals surface area contributed by atoms with Crippen LogP contribution in [0.1, 0.15) is 23.7 Å². The summed E-state index contributed by atoms with van der Waals surface area (Å²) < 4.78 is 10.7. The molecule has 0 aliphatic carbocycles. The summed E-state index contributed by atoms with van der Waals surface area (Å²) in [7, 11) is 1.38. The van der Waals surface area contributed by atoms with Crippen molar-refractivity contribution in [3.05, 3.63) is 65.7 Å². The highest BCUT2D eigenvalue weighted by Gasteiger charge is 2.18. The van der Waals surface area contributed by atoms with Crippen LogP contribution in [0.15, 0.2) is 54.6 Å². The zero-order chi connectivity index (χ0) is 15.1. The van der Waals surface area contributed by atoms with E-state index in [1.807, 2.05) is 54.6 Å². The fourth-order valence-corrected chi connectivity index (χ4v) is 2.00. The van der Waals surface area contributed by atoms with Gasteiger partial charge in [-0.15, -0.1) is 12.4 Å². The molecule has 2 rings (SSSR count). The zero-order valence-corrected chi connectivity index (χ0v) is 13.2. The number of halogens is 1. The van der Waals surface area contributed by atoms with Crippen molar-refractivity contribution < 1.29 is 14.3 Å². The summed E-state index contributed by atoms with van der Waals surface area (Å²) in [4.78, 5) is 11.6. The van der Waals surface area contributed by atoms with E-state index in [9.17, 15) is 4.79 Å². The standard InChI is InChI=1S/C17H19NO3.ClH/c1-20-17(19)11-16(14-5-3-2-4-6-14)21-15-9-7-13(12-18)8-10-15;/h2-10,16H,11-12,18H2,1H3;1H. The molecule has 118 valence electrons. The van der Waals surface area contributed by atoms with Crippen molar-refractivity contribution in [1.82, 2.24) is 0 Å². The minimum atomic E-state index is -0.373. The molecule has 0 fully saturated rings. The Labute approximate surface area is 136 Å². The molecular formula is C17H20ClNO3. The quantitative estimate of drug-likeness (QED) is 0.830. The molecule has 1 unspecified atom stereocenters. The lowest BCUT2D eigenvalue weighted by Crippen LogP contribution is -2.14. The highest BCUT2D eigenvalue weighted by Crippen LogP contribution is 2.25. The number of hydrogen-bond donors (Lipinski definition) is 1. The van der Waals surface area contributed by atoms with E-state index in [1.54, 1.807) is 0 Å². The molecule has 2 aromatic carbocycles. The number of hydrogen-bond acceptors (Lipinski definition) is 4. The molecule has 0 aromatic heterocycles. The number of methoxy groups -OCH3 is 1. The van der Waals surface area contributed by atoms with Crippen LogP contribution in [-0.4, -0.2) is 13.1 Å². The molecule has 22 heavy (non-hydrogen) atoms. The van der Waals surface area contributed by atoms with Crippen molar-refractivity contribution >= 4 is 18.4 Å². The Morgan fingerprint density at radius 3 is 2.27 bits per heavy atom. The second-order valence-corrected chi connectivity index (χ2v) is 4.65. The number of esters is 1. The van der Waals surface area contributed by atoms with Crippen molar-refractivity contribution in [3.8, 4) is 5.75 Å². The first kappa shape index (κ1) is 18.0. The lowest BCUT2D eigenvalue weighted by Gasteiger charge is -2.18. The van der Waals surface area contributed by atoms with Crippen LogP contribution in [-0.2, 0) is 16.1 Å². The predicted octanol–water partition coefficient (Wildman–Crippen LogP) is 3.25. The van der Waals surface area contributed by atoms with Gasteiger partial charge in [0, 0.05) is 6.54 Å². The van der Waals surface area contributed by atoms with Crippen LogP contribution in [0.25, 0.3) is 0 Å². The monoisotopic (exact) mass is 321 g/mol. The van der Waals surface area contributed by atoms with E-state index in [0.29, 0.717) is 12.3 Å². The van der Waals surface area contributed by atoms with Crippen molar-refractivity contribution in [3.63, 3.8) is 0 Å². The Morgan fingerprint density at radius 1 is 1.09 bits per heavy atom. The third-order valence-electron chi connectivity index (χ3n) is 3.19. The molecule has 0 heterocycles. The van der Waals surface area contributed by atoms with Crippen LogP contribution >= 0.6 is 12.4 Å². The van der Waals surface area contributed by atoms with E-state index < -0.39 is 0 Å². The van der Waals surface area contributed by atoms with Crippen molar-refractivity contribution in [2.24, 2.45) is 5.73 Å². The van der Waals surface area contributed by atoms with Crippen molar-refractivity contribution in [2.75, 3.05) is 7.11 Å². The maximum atomic E-state index is 11.6. The Hall–Kier alpha value is -2.04. The van der Waals surface area contributed by atoms with Crippen LogP contribution in [0.4, 0.5) is 0 Å². The highest BCUT2D eigenvalue weighted by molar-refractivity contribution is 5.85. The van der Waals surface area contributed by atoms with Gasteiger partial charge in [-0.2, -0.15) is 0 Å². The molecule has 0 spiro atoms. The Bertz CT molecular complexity index is 572. The number of carbonyl (C=O) groups excluding carboxylic acids is 1. The minimum Gasteiger partial charge on any atom is -0.485 e. The van der Waals surface area contributed by atoms with Crippen LogP contribution < -0.4 is 10.5 Å². The first-order chi connectivity index (χ1) is 10.2. The number of nitrogens with two attached hydrogens (primary N) is 1. The third kappa shape index (κ3) is 5.06. The summed E-state index contributed by atoms with van der Waals surface area (Å²) in [5, 5.41) is 0. The number of benzene rings is 2. The van der Waals surface area contributed by atoms with Gasteiger partial charge >= 0.3 is 5.97 Å². The predicted molar refractivity (Wildman–Crippen MR) is 88.0 cm³/mol. The van der Waals surface area contributed by atoms with Gasteiger partial charge in [0.05, 0.1) is 13.5 Å². The van der Waals surface area contributed by atoms with Gasteiger partial charge in [0.2, 0.25) is 0 Å². The van der Waals surface area contributed by atoms with Gasteiger partial charge in [-0.05, 0) is 23.3 Å². The van der Waals surface area contributed by atoms with Crippen LogP contribution in [0.2, 0.25) is 0 Å². The van der Waals surface area contributed by atoms with Gasteiger partial charge in [0.1, 0.15) is 11.9 Å². The van der Waals surface area contributed by atoms with Gasteiger partial charge in [-0.1, -0.05) is 42.5 Å². The number of carbonyl (C=O) groups is 1. The van der Waals surface area contributed by atoms with Crippen molar-refractivity contribution in [1.29, 1.82) is 0 Å². The summed E-state index contributed by atoms with van der Waals surface area (Å²) in [5.41, 5.74) is 7.54. The molecule has 0 bridgehead atoms. The van der Waals surface area contributed by atoms with Crippen LogP contribution in [0.5, 0.6) is 5.75 Å². The zero-order valence-electron chi connectivity index (χ0n) is 12.4. The van der Waals surface area contributed by atoms with Gasteiger partial charge in [-0.3, -0.25) is 4.79 Å². The highest BCUT2D eigenvalue weighted by atomic mass is 35.5. The fraction of sp³-hybridized carbons (Fsp3) is 0.235. The van der Waals surface area contributed by atoms with Gasteiger partial charge in [-0.25, -0.2) is 0 Å². The maximum Gasteiger partial charge on any atom is 0.309 e. The van der Waals surface area contributed by atoms with Gasteiger partial charge < -0.3 is 15.2 Å². The molecule has 0 saturated heterocycles. The van der Waals surface area contributed by atoms with E-state index in [4.69, 9.17) is 15.2 Å². The van der Waals surface area contributed by atoms with E-state index in [2.05, 4.69) is 0 Å². The molecule has 4 nitrogen and oxygen atoms in total. The number of ether oxygens (including phenoxy) is 2. The summed E-state index contributed by atoms with van der Waals surface area (Å²) in [6.45, 7) is 0.491. The minimum absolute atomic E-state index is 0. The SMILES string of the molecule is COC(=O)CC(Oc1ccc(CN)cc1)c1ccccc1.Cl. The van der Waals surface area contributed by atoms with E-state index in [-0.39, 0.29) is 30.9 Å². The lowest BCUT2D eigenvalue weighted by atomic mass is 10.1. The normalized spacial score (nSPS) is 11.2. The molecule has 2 aromatic rings. The van der Waals surface area contributed by atoms with Crippen LogP contribution in [0, 0.1) is 0 Å². The molecule has 0 radical (unpaired) electrons. The molecule has 0 aliphatic rings. The molecule has 0 saturated carbocycles. The second-order valence-electron chi connectivity index (χ2n) is 4.65. The maximum absolute atomic E-state index is 11.6. The van der Waals surface area contributed by atoms with E-state index >= 15 is 0 Å². The van der Waals surface area contributed by atoms with Gasteiger partial charge in [0.15, 0.2) is 0 Å². The molecule has 0 aliphatic heterocycles. The Morgan fingerprint density at radius 2 is 1.73 bits per heavy atom. The third-order valence-corrected chi connectivity index (χ3v) is 3.19. The van der Waals surface area contributed by atoms with Gasteiger partial charge in [0.25, 0.3) is 0 Å². The molecule has 2 N–H and O–H groups in total. The fourth-order valence-electron chi connectivity index (χ4n) is 2.00. The molecular weight excluding hydrogens is 302 g/mol. The van der Waals surface area contributed by atoms with E-state index in [1.165, 1.54) is 7.11 Å². The smallest absolute Gasteiger partial charge is 0.309 e. The van der Waals surface area contributed by atoms with E-state index in [0.717, 1.165) is 11.1 Å². The summed E-state index contributed by atoms with van der Waals surface area (Å²) in [5.74, 6) is 0.396. The van der Waals surface area contributed by atoms with Crippen molar-refractivity contribution in [2.45, 2.75) is 19.1 Å². The lowest BCUT2D eigenvalue weighted by molar-refractivity contribution is -0.142. The first-order valence-corrected chi connectivity index (χ1v) is 6.80.